The SMILES string of the molecule is CC(C)N(C(=O)c1ccc(S(=O)(=O)C(F)F)cc1)C1CC1. The zero-order chi connectivity index (χ0) is 15.8. The number of carbonyl (C=O) groups is 1. The van der Waals surface area contributed by atoms with Gasteiger partial charge in [-0.15, -0.1) is 0 Å². The van der Waals surface area contributed by atoms with Crippen molar-refractivity contribution in [3.8, 4) is 0 Å². The van der Waals surface area contributed by atoms with Crippen molar-refractivity contribution in [3.05, 3.63) is 29.8 Å². The molecule has 0 radical (unpaired) electrons. The minimum Gasteiger partial charge on any atom is -0.333 e. The third-order valence-corrected chi connectivity index (χ3v) is 4.79. The van der Waals surface area contributed by atoms with Crippen LogP contribution in [-0.4, -0.2) is 37.1 Å². The molecule has 21 heavy (non-hydrogen) atoms. The van der Waals surface area contributed by atoms with Gasteiger partial charge in [-0.1, -0.05) is 0 Å². The predicted molar refractivity (Wildman–Crippen MR) is 74.0 cm³/mol. The standard InChI is InChI=1S/C14H17F2NO3S/c1-9(2)17(11-5-6-11)13(18)10-3-7-12(8-4-10)21(19,20)14(15)16/h3-4,7-9,11,14H,5-6H2,1-2H3. The van der Waals surface area contributed by atoms with Gasteiger partial charge in [-0.2, -0.15) is 8.78 Å². The van der Waals surface area contributed by atoms with Crippen LogP contribution in [0.5, 0.6) is 0 Å². The topological polar surface area (TPSA) is 54.5 Å². The first-order valence-electron chi connectivity index (χ1n) is 6.70. The normalized spacial score (nSPS) is 15.5. The molecule has 0 N–H and O–H groups in total. The van der Waals surface area contributed by atoms with Gasteiger partial charge in [0.15, 0.2) is 0 Å². The average molecular weight is 317 g/mol. The molecule has 0 heterocycles. The number of carbonyl (C=O) groups excluding carboxylic acids is 1. The number of benzene rings is 1. The third kappa shape index (κ3) is 3.23. The van der Waals surface area contributed by atoms with Crippen LogP contribution in [0, 0.1) is 0 Å². The van der Waals surface area contributed by atoms with Crippen LogP contribution in [0.3, 0.4) is 0 Å². The zero-order valence-corrected chi connectivity index (χ0v) is 12.6. The van der Waals surface area contributed by atoms with Crippen LogP contribution >= 0.6 is 0 Å². The van der Waals surface area contributed by atoms with Gasteiger partial charge in [0.05, 0.1) is 4.90 Å². The fraction of sp³-hybridized carbons (Fsp3) is 0.500. The van der Waals surface area contributed by atoms with E-state index in [1.807, 2.05) is 13.8 Å². The minimum absolute atomic E-state index is 0.0365. The Morgan fingerprint density at radius 1 is 1.19 bits per heavy atom. The van der Waals surface area contributed by atoms with Gasteiger partial charge in [0.25, 0.3) is 5.91 Å². The molecule has 1 aliphatic rings. The summed E-state index contributed by atoms with van der Waals surface area (Å²) >= 11 is 0. The highest BCUT2D eigenvalue weighted by Gasteiger charge is 2.35. The molecule has 0 unspecified atom stereocenters. The number of hydrogen-bond acceptors (Lipinski definition) is 3. The summed E-state index contributed by atoms with van der Waals surface area (Å²) in [5.41, 5.74) is 0.309. The largest absolute Gasteiger partial charge is 0.341 e. The molecule has 116 valence electrons. The maximum Gasteiger partial charge on any atom is 0.341 e. The molecule has 0 spiro atoms. The second-order valence-corrected chi connectivity index (χ2v) is 7.29. The summed E-state index contributed by atoms with van der Waals surface area (Å²) in [7, 11) is -4.62. The second kappa shape index (κ2) is 5.71. The number of alkyl halides is 2. The number of rotatable bonds is 5. The Hall–Kier alpha value is -1.50. The average Bonchev–Trinajstić information content (AvgIpc) is 3.23. The molecular formula is C14H17F2NO3S. The van der Waals surface area contributed by atoms with E-state index in [1.165, 1.54) is 12.1 Å². The first-order chi connectivity index (χ1) is 9.75. The summed E-state index contributed by atoms with van der Waals surface area (Å²) in [4.78, 5) is 13.7. The number of hydrogen-bond donors (Lipinski definition) is 0. The Morgan fingerprint density at radius 2 is 1.71 bits per heavy atom. The van der Waals surface area contributed by atoms with E-state index in [1.54, 1.807) is 4.90 Å². The Labute approximate surface area is 122 Å². The molecule has 7 heteroatoms. The Morgan fingerprint density at radius 3 is 2.10 bits per heavy atom. The fourth-order valence-corrected chi connectivity index (χ4v) is 2.93. The van der Waals surface area contributed by atoms with Crippen molar-refractivity contribution in [3.63, 3.8) is 0 Å². The smallest absolute Gasteiger partial charge is 0.333 e. The quantitative estimate of drug-likeness (QED) is 0.839. The lowest BCUT2D eigenvalue weighted by Crippen LogP contribution is -2.38. The van der Waals surface area contributed by atoms with Gasteiger partial charge in [0, 0.05) is 17.6 Å². The lowest BCUT2D eigenvalue weighted by Gasteiger charge is -2.26. The molecule has 0 atom stereocenters. The van der Waals surface area contributed by atoms with Crippen LogP contribution in [0.2, 0.25) is 0 Å². The molecule has 1 amide bonds. The van der Waals surface area contributed by atoms with Gasteiger partial charge < -0.3 is 4.90 Å². The lowest BCUT2D eigenvalue weighted by molar-refractivity contribution is 0.0690. The predicted octanol–water partition coefficient (Wildman–Crippen LogP) is 2.70. The maximum atomic E-state index is 12.4. The van der Waals surface area contributed by atoms with Crippen molar-refractivity contribution in [2.24, 2.45) is 0 Å². The van der Waals surface area contributed by atoms with Crippen molar-refractivity contribution in [2.75, 3.05) is 0 Å². The summed E-state index contributed by atoms with van der Waals surface area (Å²) in [6, 6.07) is 4.95. The Kier molecular flexibility index (Phi) is 4.32. The summed E-state index contributed by atoms with van der Waals surface area (Å²) in [5.74, 6) is -3.66. The van der Waals surface area contributed by atoms with Gasteiger partial charge in [-0.05, 0) is 51.0 Å². The first-order valence-corrected chi connectivity index (χ1v) is 8.24. The first kappa shape index (κ1) is 15.9. The van der Waals surface area contributed by atoms with E-state index in [2.05, 4.69) is 0 Å². The molecule has 1 fully saturated rings. The third-order valence-electron chi connectivity index (χ3n) is 3.40. The summed E-state index contributed by atoms with van der Waals surface area (Å²) < 4.78 is 47.5. The molecular weight excluding hydrogens is 300 g/mol. The molecule has 1 aliphatic carbocycles. The Bertz CT molecular complexity index is 620. The number of nitrogens with zero attached hydrogens (tertiary/aromatic N) is 1. The van der Waals surface area contributed by atoms with Crippen molar-refractivity contribution < 1.29 is 22.0 Å². The van der Waals surface area contributed by atoms with Gasteiger partial charge in [-0.25, -0.2) is 8.42 Å². The van der Waals surface area contributed by atoms with Crippen molar-refractivity contribution in [2.45, 2.75) is 49.4 Å². The van der Waals surface area contributed by atoms with E-state index >= 15 is 0 Å². The fourth-order valence-electron chi connectivity index (χ4n) is 2.21. The molecule has 4 nitrogen and oxygen atoms in total. The van der Waals surface area contributed by atoms with E-state index in [0.717, 1.165) is 25.0 Å². The van der Waals surface area contributed by atoms with E-state index in [-0.39, 0.29) is 18.0 Å². The molecule has 2 rings (SSSR count). The summed E-state index contributed by atoms with van der Waals surface area (Å²) in [6.45, 7) is 3.82. The van der Waals surface area contributed by atoms with Crippen LogP contribution in [-0.2, 0) is 9.84 Å². The monoisotopic (exact) mass is 317 g/mol. The van der Waals surface area contributed by atoms with Gasteiger partial charge in [0.2, 0.25) is 9.84 Å². The number of sulfone groups is 1. The molecule has 1 saturated carbocycles. The molecule has 0 aliphatic heterocycles. The van der Waals surface area contributed by atoms with Crippen molar-refractivity contribution >= 4 is 15.7 Å². The molecule has 0 bridgehead atoms. The molecule has 0 saturated heterocycles. The summed E-state index contributed by atoms with van der Waals surface area (Å²) in [6.07, 6.45) is 1.92. The maximum absolute atomic E-state index is 12.4. The van der Waals surface area contributed by atoms with Crippen LogP contribution in [0.25, 0.3) is 0 Å². The highest BCUT2D eigenvalue weighted by Crippen LogP contribution is 2.30. The molecule has 1 aromatic rings. The number of halogens is 2. The van der Waals surface area contributed by atoms with Crippen molar-refractivity contribution in [1.29, 1.82) is 0 Å². The Balaban J connectivity index is 2.24. The lowest BCUT2D eigenvalue weighted by atomic mass is 10.1. The van der Waals surface area contributed by atoms with Crippen LogP contribution < -0.4 is 0 Å². The van der Waals surface area contributed by atoms with E-state index in [4.69, 9.17) is 0 Å². The molecule has 1 aromatic carbocycles. The second-order valence-electron chi connectivity index (χ2n) is 5.37. The summed E-state index contributed by atoms with van der Waals surface area (Å²) in [5, 5.41) is 0. The van der Waals surface area contributed by atoms with Gasteiger partial charge in [-0.3, -0.25) is 4.79 Å². The molecule has 0 aromatic heterocycles. The van der Waals surface area contributed by atoms with Crippen LogP contribution in [0.1, 0.15) is 37.0 Å². The van der Waals surface area contributed by atoms with Gasteiger partial charge in [0.1, 0.15) is 0 Å². The van der Waals surface area contributed by atoms with Crippen LogP contribution in [0.15, 0.2) is 29.2 Å². The highest BCUT2D eigenvalue weighted by molar-refractivity contribution is 7.91. The van der Waals surface area contributed by atoms with Gasteiger partial charge >= 0.3 is 5.76 Å². The van der Waals surface area contributed by atoms with Crippen molar-refractivity contribution in [1.82, 2.24) is 4.90 Å². The van der Waals surface area contributed by atoms with E-state index in [9.17, 15) is 22.0 Å². The minimum atomic E-state index is -4.62. The zero-order valence-electron chi connectivity index (χ0n) is 11.8. The number of amides is 1. The highest BCUT2D eigenvalue weighted by atomic mass is 32.2. The van der Waals surface area contributed by atoms with Crippen LogP contribution in [0.4, 0.5) is 8.78 Å². The van der Waals surface area contributed by atoms with E-state index < -0.39 is 20.5 Å². The van der Waals surface area contributed by atoms with E-state index in [0.29, 0.717) is 5.56 Å².